The molecule has 0 bridgehead atoms. The molecule has 1 aromatic heterocycles. The highest BCUT2D eigenvalue weighted by Gasteiger charge is 2.41. The van der Waals surface area contributed by atoms with Gasteiger partial charge in [0.1, 0.15) is 5.60 Å². The highest BCUT2D eigenvalue weighted by molar-refractivity contribution is 7.05. The molecular weight excluding hydrogens is 400 g/mol. The van der Waals surface area contributed by atoms with Crippen molar-refractivity contribution in [2.45, 2.75) is 50.3 Å². The summed E-state index contributed by atoms with van der Waals surface area (Å²) in [5, 5.41) is 16.5. The Hall–Kier alpha value is -2.29. The van der Waals surface area contributed by atoms with Gasteiger partial charge in [0.05, 0.1) is 17.5 Å². The van der Waals surface area contributed by atoms with Crippen molar-refractivity contribution in [2.24, 2.45) is 0 Å². The van der Waals surface area contributed by atoms with Crippen LogP contribution in [0.15, 0.2) is 36.5 Å². The zero-order valence-corrected chi connectivity index (χ0v) is 18.0. The minimum Gasteiger partial charge on any atom is -0.384 e. The van der Waals surface area contributed by atoms with E-state index in [1.807, 2.05) is 25.1 Å². The summed E-state index contributed by atoms with van der Waals surface area (Å²) in [5.74, 6) is -0.399. The SMILES string of the molecule is Cc1cccc(C(=O)NCC(=O)NC2CN([C@H]3CC[C@@](O)(c4ccns4)CC3)C2)c1. The van der Waals surface area contributed by atoms with Crippen molar-refractivity contribution >= 4 is 23.3 Å². The van der Waals surface area contributed by atoms with E-state index < -0.39 is 5.60 Å². The molecule has 30 heavy (non-hydrogen) atoms. The number of hydrogen-bond donors (Lipinski definition) is 3. The first-order valence-corrected chi connectivity index (χ1v) is 11.2. The fourth-order valence-corrected chi connectivity index (χ4v) is 5.11. The second-order valence-corrected chi connectivity index (χ2v) is 9.24. The second kappa shape index (κ2) is 8.83. The van der Waals surface area contributed by atoms with Crippen molar-refractivity contribution in [1.29, 1.82) is 0 Å². The van der Waals surface area contributed by atoms with Crippen molar-refractivity contribution in [3.05, 3.63) is 52.5 Å². The van der Waals surface area contributed by atoms with Gasteiger partial charge >= 0.3 is 0 Å². The maximum absolute atomic E-state index is 12.2. The summed E-state index contributed by atoms with van der Waals surface area (Å²) in [5.41, 5.74) is 0.842. The van der Waals surface area contributed by atoms with Crippen LogP contribution in [-0.4, -0.2) is 57.9 Å². The van der Waals surface area contributed by atoms with Crippen LogP contribution in [0.2, 0.25) is 0 Å². The van der Waals surface area contributed by atoms with Gasteiger partial charge in [-0.25, -0.2) is 4.37 Å². The number of aryl methyl sites for hydroxylation is 1. The number of aliphatic hydroxyl groups is 1. The number of likely N-dealkylation sites (tertiary alicyclic amines) is 1. The Morgan fingerprint density at radius 1 is 1.27 bits per heavy atom. The first-order chi connectivity index (χ1) is 14.4. The zero-order chi connectivity index (χ0) is 21.1. The molecule has 0 radical (unpaired) electrons. The third kappa shape index (κ3) is 4.71. The highest BCUT2D eigenvalue weighted by Crippen LogP contribution is 2.40. The number of nitrogens with one attached hydrogen (secondary N) is 2. The van der Waals surface area contributed by atoms with Crippen LogP contribution < -0.4 is 10.6 Å². The number of aromatic nitrogens is 1. The summed E-state index contributed by atoms with van der Waals surface area (Å²) in [6.07, 6.45) is 5.13. The fourth-order valence-electron chi connectivity index (χ4n) is 4.38. The van der Waals surface area contributed by atoms with Crippen LogP contribution in [0.5, 0.6) is 0 Å². The predicted octanol–water partition coefficient (Wildman–Crippen LogP) is 1.81. The minimum atomic E-state index is -0.731. The van der Waals surface area contributed by atoms with Crippen molar-refractivity contribution in [3.63, 3.8) is 0 Å². The maximum atomic E-state index is 12.2. The molecule has 8 heteroatoms. The maximum Gasteiger partial charge on any atom is 0.251 e. The van der Waals surface area contributed by atoms with Crippen molar-refractivity contribution in [3.8, 4) is 0 Å². The minimum absolute atomic E-state index is 0.0193. The van der Waals surface area contributed by atoms with E-state index in [1.165, 1.54) is 11.5 Å². The molecule has 1 saturated heterocycles. The summed E-state index contributed by atoms with van der Waals surface area (Å²) in [6.45, 7) is 3.55. The Morgan fingerprint density at radius 3 is 2.70 bits per heavy atom. The number of hydrogen-bond acceptors (Lipinski definition) is 6. The zero-order valence-electron chi connectivity index (χ0n) is 17.1. The molecule has 1 saturated carbocycles. The van der Waals surface area contributed by atoms with Crippen LogP contribution in [0.3, 0.4) is 0 Å². The van der Waals surface area contributed by atoms with Gasteiger partial charge in [0.15, 0.2) is 0 Å². The molecular formula is C22H28N4O3S. The molecule has 0 atom stereocenters. The predicted molar refractivity (Wildman–Crippen MR) is 115 cm³/mol. The molecule has 7 nitrogen and oxygen atoms in total. The van der Waals surface area contributed by atoms with Gasteiger partial charge in [-0.2, -0.15) is 0 Å². The smallest absolute Gasteiger partial charge is 0.251 e. The standard InChI is InChI=1S/C22H28N4O3S/c1-15-3-2-4-16(11-15)21(28)23-12-20(27)25-17-13-26(14-17)18-5-8-22(29,9-6-18)19-7-10-24-30-19/h2-4,7,10-11,17-18,29H,5-6,8-9,12-14H2,1H3,(H,23,28)(H,25,27)/t18-,22-. The molecule has 1 aliphatic carbocycles. The average Bonchev–Trinajstić information content (AvgIpc) is 3.25. The molecule has 2 heterocycles. The normalized spacial score (nSPS) is 24.8. The Balaban J connectivity index is 1.16. The Kier molecular flexibility index (Phi) is 6.17. The number of benzene rings is 1. The number of amides is 2. The van der Waals surface area contributed by atoms with Gasteiger partial charge in [-0.15, -0.1) is 0 Å². The van der Waals surface area contributed by atoms with E-state index in [2.05, 4.69) is 19.9 Å². The fraction of sp³-hybridized carbons (Fsp3) is 0.500. The topological polar surface area (TPSA) is 94.6 Å². The van der Waals surface area contributed by atoms with Crippen LogP contribution in [0.25, 0.3) is 0 Å². The Labute approximate surface area is 180 Å². The van der Waals surface area contributed by atoms with Gasteiger partial charge in [-0.1, -0.05) is 17.7 Å². The van der Waals surface area contributed by atoms with E-state index in [1.54, 1.807) is 18.3 Å². The average molecular weight is 429 g/mol. The van der Waals surface area contributed by atoms with Crippen LogP contribution in [-0.2, 0) is 10.4 Å². The molecule has 2 fully saturated rings. The molecule has 0 spiro atoms. The molecule has 4 rings (SSSR count). The van der Waals surface area contributed by atoms with E-state index in [0.717, 1.165) is 49.2 Å². The lowest BCUT2D eigenvalue weighted by Crippen LogP contribution is -2.63. The van der Waals surface area contributed by atoms with Gasteiger partial charge in [0.25, 0.3) is 5.91 Å². The van der Waals surface area contributed by atoms with E-state index in [4.69, 9.17) is 0 Å². The summed E-state index contributed by atoms with van der Waals surface area (Å²) in [6, 6.07) is 9.79. The molecule has 1 aliphatic heterocycles. The lowest BCUT2D eigenvalue weighted by Gasteiger charge is -2.48. The summed E-state index contributed by atoms with van der Waals surface area (Å²) >= 11 is 1.38. The lowest BCUT2D eigenvalue weighted by molar-refractivity contribution is -0.122. The van der Waals surface area contributed by atoms with Gasteiger partial charge < -0.3 is 15.7 Å². The highest BCUT2D eigenvalue weighted by atomic mass is 32.1. The van der Waals surface area contributed by atoms with E-state index in [9.17, 15) is 14.7 Å². The second-order valence-electron chi connectivity index (χ2n) is 8.41. The van der Waals surface area contributed by atoms with Gasteiger partial charge in [0.2, 0.25) is 5.91 Å². The first-order valence-electron chi connectivity index (χ1n) is 10.4. The quantitative estimate of drug-likeness (QED) is 0.652. The first kappa shape index (κ1) is 21.0. The van der Waals surface area contributed by atoms with Gasteiger partial charge in [-0.05, 0) is 62.3 Å². The van der Waals surface area contributed by atoms with E-state index in [0.29, 0.717) is 11.6 Å². The van der Waals surface area contributed by atoms with Crippen LogP contribution >= 0.6 is 11.5 Å². The number of carbonyl (C=O) groups is 2. The van der Waals surface area contributed by atoms with E-state index >= 15 is 0 Å². The van der Waals surface area contributed by atoms with Gasteiger partial charge in [-0.3, -0.25) is 14.5 Å². The van der Waals surface area contributed by atoms with Crippen molar-refractivity contribution in [2.75, 3.05) is 19.6 Å². The third-order valence-corrected chi connectivity index (χ3v) is 7.10. The number of rotatable bonds is 6. The lowest BCUT2D eigenvalue weighted by atomic mass is 9.80. The summed E-state index contributed by atoms with van der Waals surface area (Å²) in [7, 11) is 0. The summed E-state index contributed by atoms with van der Waals surface area (Å²) in [4.78, 5) is 27.6. The molecule has 0 unspecified atom stereocenters. The monoisotopic (exact) mass is 428 g/mol. The number of nitrogens with zero attached hydrogens (tertiary/aromatic N) is 2. The van der Waals surface area contributed by atoms with Crippen LogP contribution in [0.1, 0.15) is 46.5 Å². The molecule has 2 aliphatic rings. The molecule has 1 aromatic carbocycles. The number of carbonyl (C=O) groups excluding carboxylic acids is 2. The van der Waals surface area contributed by atoms with Gasteiger partial charge in [0, 0.05) is 30.9 Å². The molecule has 2 aromatic rings. The van der Waals surface area contributed by atoms with Crippen molar-refractivity contribution in [1.82, 2.24) is 19.9 Å². The third-order valence-electron chi connectivity index (χ3n) is 6.16. The van der Waals surface area contributed by atoms with Crippen LogP contribution in [0.4, 0.5) is 0 Å². The molecule has 160 valence electrons. The van der Waals surface area contributed by atoms with Crippen LogP contribution in [0, 0.1) is 6.92 Å². The largest absolute Gasteiger partial charge is 0.384 e. The molecule has 2 amide bonds. The summed E-state index contributed by atoms with van der Waals surface area (Å²) < 4.78 is 4.11. The Morgan fingerprint density at radius 2 is 2.03 bits per heavy atom. The molecule has 3 N–H and O–H groups in total. The Bertz CT molecular complexity index is 888. The van der Waals surface area contributed by atoms with Crippen molar-refractivity contribution < 1.29 is 14.7 Å². The van der Waals surface area contributed by atoms with E-state index in [-0.39, 0.29) is 24.4 Å².